The van der Waals surface area contributed by atoms with E-state index in [0.29, 0.717) is 13.2 Å². The Kier molecular flexibility index (Phi) is 6.82. The van der Waals surface area contributed by atoms with Crippen LogP contribution in [0, 0.1) is 5.92 Å². The number of carbonyl (C=O) groups excluding carboxylic acids is 2. The van der Waals surface area contributed by atoms with Crippen molar-refractivity contribution in [2.24, 2.45) is 5.92 Å². The van der Waals surface area contributed by atoms with Gasteiger partial charge in [-0.05, 0) is 30.4 Å². The monoisotopic (exact) mass is 381 g/mol. The van der Waals surface area contributed by atoms with Gasteiger partial charge in [0.05, 0.1) is 12.7 Å². The van der Waals surface area contributed by atoms with Crippen LogP contribution in [0.1, 0.15) is 31.4 Å². The average Bonchev–Trinajstić information content (AvgIpc) is 2.71. The standard InChI is InChI=1S/C23H27NO4/c1-17-13-21(27-15-19-9-5-3-6-10-19)22(18(2)25)24(14-17)23(26)28-16-20-11-7-4-8-12-20/h3-12,17,21-22H,13-16H2,1-2H3/t17-,21+,22+/m1/s1. The summed E-state index contributed by atoms with van der Waals surface area (Å²) in [6.07, 6.45) is -0.0749. The minimum Gasteiger partial charge on any atom is -0.445 e. The number of carbonyl (C=O) groups is 2. The minimum atomic E-state index is -0.622. The van der Waals surface area contributed by atoms with Gasteiger partial charge >= 0.3 is 6.09 Å². The van der Waals surface area contributed by atoms with Crippen LogP contribution in [0.5, 0.6) is 0 Å². The number of nitrogens with zero attached hydrogens (tertiary/aromatic N) is 1. The van der Waals surface area contributed by atoms with Gasteiger partial charge in [0, 0.05) is 6.54 Å². The highest BCUT2D eigenvalue weighted by Gasteiger charge is 2.41. The number of Topliss-reactive ketones (excluding diaryl/α,β-unsaturated/α-hetero) is 1. The van der Waals surface area contributed by atoms with Crippen LogP contribution in [-0.2, 0) is 27.5 Å². The lowest BCUT2D eigenvalue weighted by Crippen LogP contribution is -2.57. The molecule has 5 nitrogen and oxygen atoms in total. The number of hydrogen-bond acceptors (Lipinski definition) is 4. The van der Waals surface area contributed by atoms with E-state index < -0.39 is 12.1 Å². The van der Waals surface area contributed by atoms with Crippen molar-refractivity contribution in [3.05, 3.63) is 71.8 Å². The zero-order chi connectivity index (χ0) is 19.9. The van der Waals surface area contributed by atoms with E-state index in [-0.39, 0.29) is 24.4 Å². The van der Waals surface area contributed by atoms with Gasteiger partial charge in [0.1, 0.15) is 12.6 Å². The van der Waals surface area contributed by atoms with Crippen molar-refractivity contribution >= 4 is 11.9 Å². The molecular weight excluding hydrogens is 354 g/mol. The molecular formula is C23H27NO4. The van der Waals surface area contributed by atoms with Crippen molar-refractivity contribution in [1.29, 1.82) is 0 Å². The molecule has 0 aliphatic carbocycles. The third kappa shape index (κ3) is 5.20. The largest absolute Gasteiger partial charge is 0.445 e. The summed E-state index contributed by atoms with van der Waals surface area (Å²) in [6.45, 7) is 4.66. The third-order valence-corrected chi connectivity index (χ3v) is 4.99. The van der Waals surface area contributed by atoms with Crippen molar-refractivity contribution in [1.82, 2.24) is 4.90 Å². The summed E-state index contributed by atoms with van der Waals surface area (Å²) in [5.41, 5.74) is 1.96. The molecule has 1 heterocycles. The van der Waals surface area contributed by atoms with Crippen molar-refractivity contribution in [3.8, 4) is 0 Å². The Labute approximate surface area is 166 Å². The molecule has 1 fully saturated rings. The van der Waals surface area contributed by atoms with E-state index in [1.807, 2.05) is 60.7 Å². The molecule has 28 heavy (non-hydrogen) atoms. The lowest BCUT2D eigenvalue weighted by molar-refractivity contribution is -0.133. The van der Waals surface area contributed by atoms with E-state index in [1.54, 1.807) is 0 Å². The summed E-state index contributed by atoms with van der Waals surface area (Å²) < 4.78 is 11.6. The topological polar surface area (TPSA) is 55.8 Å². The second-order valence-corrected chi connectivity index (χ2v) is 7.42. The summed E-state index contributed by atoms with van der Waals surface area (Å²) in [5, 5.41) is 0. The molecule has 1 aliphatic heterocycles. The maximum absolute atomic E-state index is 12.7. The first kappa shape index (κ1) is 20.1. The molecule has 0 N–H and O–H groups in total. The predicted octanol–water partition coefficient (Wildman–Crippen LogP) is 4.21. The van der Waals surface area contributed by atoms with Crippen molar-refractivity contribution in [2.45, 2.75) is 45.6 Å². The predicted molar refractivity (Wildman–Crippen MR) is 107 cm³/mol. The van der Waals surface area contributed by atoms with Gasteiger partial charge in [0.2, 0.25) is 0 Å². The first-order chi connectivity index (χ1) is 13.5. The molecule has 0 unspecified atom stereocenters. The Bertz CT molecular complexity index is 778. The molecule has 3 atom stereocenters. The maximum Gasteiger partial charge on any atom is 0.410 e. The number of benzene rings is 2. The van der Waals surface area contributed by atoms with Crippen LogP contribution in [0.2, 0.25) is 0 Å². The molecule has 0 spiro atoms. The zero-order valence-corrected chi connectivity index (χ0v) is 16.4. The number of ether oxygens (including phenoxy) is 2. The van der Waals surface area contributed by atoms with Crippen LogP contribution in [0.15, 0.2) is 60.7 Å². The third-order valence-electron chi connectivity index (χ3n) is 4.99. The second kappa shape index (κ2) is 9.51. The van der Waals surface area contributed by atoms with Crippen molar-refractivity contribution < 1.29 is 19.1 Å². The van der Waals surface area contributed by atoms with E-state index in [9.17, 15) is 9.59 Å². The molecule has 1 amide bonds. The van der Waals surface area contributed by atoms with Gasteiger partial charge in [-0.15, -0.1) is 0 Å². The highest BCUT2D eigenvalue weighted by molar-refractivity contribution is 5.86. The van der Waals surface area contributed by atoms with Crippen molar-refractivity contribution in [3.63, 3.8) is 0 Å². The number of hydrogen-bond donors (Lipinski definition) is 0. The van der Waals surface area contributed by atoms with Gasteiger partial charge in [-0.3, -0.25) is 9.69 Å². The summed E-state index contributed by atoms with van der Waals surface area (Å²) >= 11 is 0. The molecule has 0 bridgehead atoms. The van der Waals surface area contributed by atoms with Gasteiger partial charge < -0.3 is 9.47 Å². The molecule has 0 aromatic heterocycles. The molecule has 1 saturated heterocycles. The minimum absolute atomic E-state index is 0.0818. The van der Waals surface area contributed by atoms with Gasteiger partial charge in [0.15, 0.2) is 5.78 Å². The number of piperidine rings is 1. The van der Waals surface area contributed by atoms with E-state index in [0.717, 1.165) is 17.5 Å². The fraction of sp³-hybridized carbons (Fsp3) is 0.391. The SMILES string of the molecule is CC(=O)[C@H]1[C@@H](OCc2ccccc2)C[C@@H](C)CN1C(=O)OCc1ccccc1. The van der Waals surface area contributed by atoms with Crippen LogP contribution in [0.25, 0.3) is 0 Å². The summed E-state index contributed by atoms with van der Waals surface area (Å²) in [4.78, 5) is 26.7. The summed E-state index contributed by atoms with van der Waals surface area (Å²) in [5.74, 6) is 0.141. The molecule has 2 aromatic carbocycles. The van der Waals surface area contributed by atoms with Gasteiger partial charge in [-0.2, -0.15) is 0 Å². The molecule has 5 heteroatoms. The van der Waals surface area contributed by atoms with E-state index in [2.05, 4.69) is 6.92 Å². The first-order valence-corrected chi connectivity index (χ1v) is 9.68. The second-order valence-electron chi connectivity index (χ2n) is 7.42. The van der Waals surface area contributed by atoms with Gasteiger partial charge in [0.25, 0.3) is 0 Å². The number of likely N-dealkylation sites (tertiary alicyclic amines) is 1. The lowest BCUT2D eigenvalue weighted by atomic mass is 9.89. The Balaban J connectivity index is 1.67. The Morgan fingerprint density at radius 2 is 1.54 bits per heavy atom. The van der Waals surface area contributed by atoms with Crippen LogP contribution >= 0.6 is 0 Å². The first-order valence-electron chi connectivity index (χ1n) is 9.68. The summed E-state index contributed by atoms with van der Waals surface area (Å²) in [7, 11) is 0. The van der Waals surface area contributed by atoms with Crippen LogP contribution < -0.4 is 0 Å². The quantitative estimate of drug-likeness (QED) is 0.752. The molecule has 1 aliphatic rings. The molecule has 2 aromatic rings. The fourth-order valence-electron chi connectivity index (χ4n) is 3.66. The Hall–Kier alpha value is -2.66. The number of amides is 1. The molecule has 0 radical (unpaired) electrons. The Morgan fingerprint density at radius 3 is 2.11 bits per heavy atom. The Morgan fingerprint density at radius 1 is 0.964 bits per heavy atom. The maximum atomic E-state index is 12.7. The highest BCUT2D eigenvalue weighted by atomic mass is 16.6. The molecule has 0 saturated carbocycles. The van der Waals surface area contributed by atoms with E-state index >= 15 is 0 Å². The van der Waals surface area contributed by atoms with E-state index in [1.165, 1.54) is 11.8 Å². The molecule has 3 rings (SSSR count). The smallest absolute Gasteiger partial charge is 0.410 e. The number of rotatable bonds is 6. The normalized spacial score (nSPS) is 21.9. The molecule has 148 valence electrons. The van der Waals surface area contributed by atoms with Gasteiger partial charge in [-0.25, -0.2) is 4.79 Å². The summed E-state index contributed by atoms with van der Waals surface area (Å²) in [6, 6.07) is 18.7. The zero-order valence-electron chi connectivity index (χ0n) is 16.4. The van der Waals surface area contributed by atoms with Crippen LogP contribution in [0.4, 0.5) is 4.79 Å². The van der Waals surface area contributed by atoms with Crippen molar-refractivity contribution in [2.75, 3.05) is 6.54 Å². The van der Waals surface area contributed by atoms with E-state index in [4.69, 9.17) is 9.47 Å². The lowest BCUT2D eigenvalue weighted by Gasteiger charge is -2.41. The fourth-order valence-corrected chi connectivity index (χ4v) is 3.66. The van der Waals surface area contributed by atoms with Crippen LogP contribution in [0.3, 0.4) is 0 Å². The average molecular weight is 381 g/mol. The highest BCUT2D eigenvalue weighted by Crippen LogP contribution is 2.27. The van der Waals surface area contributed by atoms with Gasteiger partial charge in [-0.1, -0.05) is 67.6 Å². The van der Waals surface area contributed by atoms with Crippen LogP contribution in [-0.4, -0.2) is 35.5 Å². The number of ketones is 1.